The molecule has 0 aromatic heterocycles. The fourth-order valence-electron chi connectivity index (χ4n) is 1.94. The van der Waals surface area contributed by atoms with Gasteiger partial charge >= 0.3 is 0 Å². The molecule has 0 saturated carbocycles. The quantitative estimate of drug-likeness (QED) is 0.654. The van der Waals surface area contributed by atoms with Crippen LogP contribution in [-0.2, 0) is 10.0 Å². The molecule has 2 aromatic carbocycles. The zero-order valence-electron chi connectivity index (χ0n) is 11.2. The Kier molecular flexibility index (Phi) is 4.26. The minimum Gasteiger partial charge on any atom is -0.324 e. The number of benzene rings is 2. The van der Waals surface area contributed by atoms with Crippen molar-refractivity contribution in [3.05, 3.63) is 54.6 Å². The molecule has 0 amide bonds. The summed E-state index contributed by atoms with van der Waals surface area (Å²) in [6.07, 6.45) is 0. The Morgan fingerprint density at radius 2 is 1.65 bits per heavy atom. The van der Waals surface area contributed by atoms with Crippen LogP contribution in [0.25, 0.3) is 0 Å². The predicted octanol–water partition coefficient (Wildman–Crippen LogP) is 2.19. The average Bonchev–Trinajstić information content (AvgIpc) is 2.49. The van der Waals surface area contributed by atoms with Crippen molar-refractivity contribution in [2.45, 2.75) is 11.8 Å². The van der Waals surface area contributed by atoms with Gasteiger partial charge in [0.1, 0.15) is 0 Å². The highest BCUT2D eigenvalue weighted by atomic mass is 32.2. The predicted molar refractivity (Wildman–Crippen MR) is 80.9 cm³/mol. The van der Waals surface area contributed by atoms with Gasteiger partial charge in [-0.2, -0.15) is 0 Å². The van der Waals surface area contributed by atoms with Crippen LogP contribution in [0.1, 0.15) is 6.92 Å². The Morgan fingerprint density at radius 3 is 2.15 bits per heavy atom. The third kappa shape index (κ3) is 2.76. The molecule has 0 aliphatic heterocycles. The molecule has 0 spiro atoms. The van der Waals surface area contributed by atoms with Crippen LogP contribution in [0, 0.1) is 0 Å². The van der Waals surface area contributed by atoms with Crippen molar-refractivity contribution in [2.75, 3.05) is 16.3 Å². The Bertz CT molecular complexity index is 655. The summed E-state index contributed by atoms with van der Waals surface area (Å²) < 4.78 is 26.6. The number of hydrazine groups is 1. The molecular formula is C14H17N3O2S. The second-order valence-electron chi connectivity index (χ2n) is 4.17. The number of anilines is 2. The van der Waals surface area contributed by atoms with Crippen LogP contribution in [0.4, 0.5) is 11.4 Å². The second-order valence-corrected chi connectivity index (χ2v) is 6.04. The van der Waals surface area contributed by atoms with Crippen LogP contribution >= 0.6 is 0 Å². The van der Waals surface area contributed by atoms with E-state index in [1.165, 1.54) is 16.4 Å². The molecule has 2 rings (SSSR count). The summed E-state index contributed by atoms with van der Waals surface area (Å²) in [5.41, 5.74) is 3.78. The minimum atomic E-state index is -3.56. The van der Waals surface area contributed by atoms with Crippen molar-refractivity contribution < 1.29 is 8.42 Å². The molecule has 0 aliphatic carbocycles. The number of para-hydroxylation sites is 1. The van der Waals surface area contributed by atoms with Gasteiger partial charge in [-0.05, 0) is 43.3 Å². The lowest BCUT2D eigenvalue weighted by molar-refractivity contribution is 0.592. The molecule has 106 valence electrons. The Balaban J connectivity index is 2.41. The number of nitrogens with two attached hydrogens (primary N) is 1. The molecule has 0 fully saturated rings. The van der Waals surface area contributed by atoms with Gasteiger partial charge in [0.2, 0.25) is 0 Å². The molecule has 0 atom stereocenters. The first-order valence-electron chi connectivity index (χ1n) is 6.24. The molecule has 0 heterocycles. The average molecular weight is 291 g/mol. The first kappa shape index (κ1) is 14.4. The van der Waals surface area contributed by atoms with Crippen LogP contribution in [-0.4, -0.2) is 15.0 Å². The van der Waals surface area contributed by atoms with Crippen LogP contribution in [0.5, 0.6) is 0 Å². The lowest BCUT2D eigenvalue weighted by Crippen LogP contribution is -2.30. The highest BCUT2D eigenvalue weighted by molar-refractivity contribution is 7.92. The summed E-state index contributed by atoms with van der Waals surface area (Å²) in [4.78, 5) is 0.238. The van der Waals surface area contributed by atoms with Gasteiger partial charge in [-0.1, -0.05) is 18.2 Å². The summed E-state index contributed by atoms with van der Waals surface area (Å²) in [6.45, 7) is 2.17. The van der Waals surface area contributed by atoms with Gasteiger partial charge in [0.25, 0.3) is 10.0 Å². The van der Waals surface area contributed by atoms with Crippen molar-refractivity contribution >= 4 is 21.4 Å². The summed E-state index contributed by atoms with van der Waals surface area (Å²) in [5.74, 6) is 5.28. The van der Waals surface area contributed by atoms with Crippen LogP contribution in [0.15, 0.2) is 59.5 Å². The zero-order chi connectivity index (χ0) is 14.6. The molecule has 0 unspecified atom stereocenters. The van der Waals surface area contributed by atoms with Crippen LogP contribution < -0.4 is 15.6 Å². The van der Waals surface area contributed by atoms with Gasteiger partial charge in [0.05, 0.1) is 10.6 Å². The highest BCUT2D eigenvalue weighted by Crippen LogP contribution is 2.23. The van der Waals surface area contributed by atoms with E-state index in [-0.39, 0.29) is 4.90 Å². The monoisotopic (exact) mass is 291 g/mol. The number of sulfonamides is 1. The number of nitrogens with one attached hydrogen (secondary N) is 1. The van der Waals surface area contributed by atoms with E-state index in [1.54, 1.807) is 31.2 Å². The van der Waals surface area contributed by atoms with E-state index in [4.69, 9.17) is 5.84 Å². The molecule has 3 N–H and O–H groups in total. The maximum atomic E-state index is 12.6. The third-order valence-corrected chi connectivity index (χ3v) is 4.86. The molecule has 2 aromatic rings. The third-order valence-electron chi connectivity index (χ3n) is 2.94. The summed E-state index contributed by atoms with van der Waals surface area (Å²) in [7, 11) is -3.56. The van der Waals surface area contributed by atoms with Gasteiger partial charge in [0, 0.05) is 12.2 Å². The van der Waals surface area contributed by atoms with Crippen LogP contribution in [0.2, 0.25) is 0 Å². The zero-order valence-corrected chi connectivity index (χ0v) is 12.0. The Morgan fingerprint density at radius 1 is 1.05 bits per heavy atom. The van der Waals surface area contributed by atoms with Gasteiger partial charge in [-0.15, -0.1) is 0 Å². The molecule has 0 saturated heterocycles. The van der Waals surface area contributed by atoms with Gasteiger partial charge in [-0.3, -0.25) is 10.1 Å². The maximum Gasteiger partial charge on any atom is 0.264 e. The maximum absolute atomic E-state index is 12.6. The first-order valence-corrected chi connectivity index (χ1v) is 7.68. The molecule has 0 bridgehead atoms. The van der Waals surface area contributed by atoms with E-state index < -0.39 is 10.0 Å². The van der Waals surface area contributed by atoms with E-state index in [2.05, 4.69) is 5.43 Å². The van der Waals surface area contributed by atoms with E-state index in [0.29, 0.717) is 17.9 Å². The topological polar surface area (TPSA) is 75.4 Å². The normalized spacial score (nSPS) is 11.1. The molecule has 6 heteroatoms. The van der Waals surface area contributed by atoms with Crippen molar-refractivity contribution in [1.82, 2.24) is 0 Å². The smallest absolute Gasteiger partial charge is 0.264 e. The van der Waals surface area contributed by atoms with Gasteiger partial charge in [-0.25, -0.2) is 8.42 Å². The van der Waals surface area contributed by atoms with Crippen molar-refractivity contribution in [2.24, 2.45) is 5.84 Å². The molecular weight excluding hydrogens is 274 g/mol. The number of hydrogen-bond donors (Lipinski definition) is 2. The fraction of sp³-hybridized carbons (Fsp3) is 0.143. The highest BCUT2D eigenvalue weighted by Gasteiger charge is 2.23. The van der Waals surface area contributed by atoms with Crippen molar-refractivity contribution in [3.8, 4) is 0 Å². The summed E-state index contributed by atoms with van der Waals surface area (Å²) in [6, 6.07) is 15.4. The molecule has 0 radical (unpaired) electrons. The number of nitrogen functional groups attached to an aromatic ring is 1. The first-order chi connectivity index (χ1) is 9.59. The van der Waals surface area contributed by atoms with Crippen LogP contribution in [0.3, 0.4) is 0 Å². The van der Waals surface area contributed by atoms with E-state index >= 15 is 0 Å². The lowest BCUT2D eigenvalue weighted by Gasteiger charge is -2.22. The largest absolute Gasteiger partial charge is 0.324 e. The fourth-order valence-corrected chi connectivity index (χ4v) is 3.41. The Labute approximate surface area is 119 Å². The SMILES string of the molecule is CCN(c1ccccc1)S(=O)(=O)c1ccc(NN)cc1. The summed E-state index contributed by atoms with van der Waals surface area (Å²) in [5, 5.41) is 0. The molecule has 20 heavy (non-hydrogen) atoms. The van der Waals surface area contributed by atoms with E-state index in [1.807, 2.05) is 18.2 Å². The lowest BCUT2D eigenvalue weighted by atomic mass is 10.3. The number of hydrogen-bond acceptors (Lipinski definition) is 4. The van der Waals surface area contributed by atoms with Gasteiger partial charge < -0.3 is 5.43 Å². The van der Waals surface area contributed by atoms with E-state index in [0.717, 1.165) is 0 Å². The molecule has 5 nitrogen and oxygen atoms in total. The minimum absolute atomic E-state index is 0.238. The Hall–Kier alpha value is -2.05. The van der Waals surface area contributed by atoms with Gasteiger partial charge in [0.15, 0.2) is 0 Å². The number of rotatable bonds is 5. The van der Waals surface area contributed by atoms with E-state index in [9.17, 15) is 8.42 Å². The van der Waals surface area contributed by atoms with Crippen molar-refractivity contribution in [1.29, 1.82) is 0 Å². The summed E-state index contributed by atoms with van der Waals surface area (Å²) >= 11 is 0. The second kappa shape index (κ2) is 5.94. The molecule has 0 aliphatic rings. The van der Waals surface area contributed by atoms with Crippen molar-refractivity contribution in [3.63, 3.8) is 0 Å². The number of nitrogens with zero attached hydrogens (tertiary/aromatic N) is 1. The standard InChI is InChI=1S/C14H17N3O2S/c1-2-17(13-6-4-3-5-7-13)20(18,19)14-10-8-12(16-15)9-11-14/h3-11,16H,2,15H2,1H3.